The van der Waals surface area contributed by atoms with E-state index in [1.165, 1.54) is 0 Å². The van der Waals surface area contributed by atoms with E-state index < -0.39 is 6.10 Å². The Hall–Kier alpha value is -1.30. The van der Waals surface area contributed by atoms with Crippen LogP contribution in [0.5, 0.6) is 5.75 Å². The van der Waals surface area contributed by atoms with Gasteiger partial charge < -0.3 is 20.1 Å². The summed E-state index contributed by atoms with van der Waals surface area (Å²) in [6, 6.07) is 5.37. The van der Waals surface area contributed by atoms with Gasteiger partial charge in [0, 0.05) is 38.6 Å². The lowest BCUT2D eigenvalue weighted by atomic mass is 10.2. The lowest BCUT2D eigenvalue weighted by Gasteiger charge is -2.14. The van der Waals surface area contributed by atoms with Gasteiger partial charge in [0.15, 0.2) is 0 Å². The first kappa shape index (κ1) is 17.8. The van der Waals surface area contributed by atoms with Crippen molar-refractivity contribution in [2.24, 2.45) is 0 Å². The Morgan fingerprint density at radius 2 is 2.19 bits per heavy atom. The Balaban J connectivity index is 2.20. The van der Waals surface area contributed by atoms with Gasteiger partial charge in [-0.15, -0.1) is 0 Å². The number of benzene rings is 1. The number of rotatable bonds is 8. The quantitative estimate of drug-likeness (QED) is 0.713. The summed E-state index contributed by atoms with van der Waals surface area (Å²) in [6.07, 6.45) is -0.216. The van der Waals surface area contributed by atoms with Crippen molar-refractivity contribution in [2.45, 2.75) is 19.4 Å². The fourth-order valence-corrected chi connectivity index (χ4v) is 1.76. The summed E-state index contributed by atoms with van der Waals surface area (Å²) in [5, 5.41) is 13.5. The van der Waals surface area contributed by atoms with Gasteiger partial charge in [-0.1, -0.05) is 11.6 Å². The highest BCUT2D eigenvalue weighted by Gasteiger charge is 2.07. The van der Waals surface area contributed by atoms with Crippen LogP contribution in [0.15, 0.2) is 18.2 Å². The van der Waals surface area contributed by atoms with Crippen molar-refractivity contribution in [1.82, 2.24) is 10.2 Å². The summed E-state index contributed by atoms with van der Waals surface area (Å²) in [4.78, 5) is 12.9. The predicted octanol–water partition coefficient (Wildman–Crippen LogP) is 1.46. The van der Waals surface area contributed by atoms with Gasteiger partial charge in [0.2, 0.25) is 5.91 Å². The van der Waals surface area contributed by atoms with Crippen LogP contribution in [-0.2, 0) is 4.79 Å². The number of nitrogens with one attached hydrogen (secondary N) is 1. The molecule has 5 nitrogen and oxygen atoms in total. The molecule has 6 heteroatoms. The Bertz CT molecular complexity index is 466. The molecule has 0 saturated carbocycles. The Morgan fingerprint density at radius 1 is 1.48 bits per heavy atom. The van der Waals surface area contributed by atoms with Crippen LogP contribution >= 0.6 is 11.6 Å². The number of carbonyl (C=O) groups excluding carboxylic acids is 1. The summed E-state index contributed by atoms with van der Waals surface area (Å²) in [7, 11) is 3.44. The normalized spacial score (nSPS) is 12.0. The fraction of sp³-hybridized carbons (Fsp3) is 0.533. The molecule has 0 aliphatic heterocycles. The van der Waals surface area contributed by atoms with Gasteiger partial charge >= 0.3 is 0 Å². The highest BCUT2D eigenvalue weighted by atomic mass is 35.5. The molecule has 1 unspecified atom stereocenters. The van der Waals surface area contributed by atoms with Gasteiger partial charge in [0.05, 0.1) is 0 Å². The molecule has 1 atom stereocenters. The van der Waals surface area contributed by atoms with E-state index in [0.717, 1.165) is 5.56 Å². The van der Waals surface area contributed by atoms with Gasteiger partial charge in [0.1, 0.15) is 18.5 Å². The monoisotopic (exact) mass is 314 g/mol. The molecule has 1 amide bonds. The molecule has 2 N–H and O–H groups in total. The summed E-state index contributed by atoms with van der Waals surface area (Å²) in [5.74, 6) is 0.739. The van der Waals surface area contributed by atoms with E-state index in [2.05, 4.69) is 5.32 Å². The summed E-state index contributed by atoms with van der Waals surface area (Å²) in [6.45, 7) is 3.01. The number of aryl methyl sites for hydroxylation is 1. The highest BCUT2D eigenvalue weighted by molar-refractivity contribution is 6.31. The first-order valence-corrected chi connectivity index (χ1v) is 7.26. The van der Waals surface area contributed by atoms with Crippen LogP contribution in [0, 0.1) is 6.92 Å². The van der Waals surface area contributed by atoms with Crippen molar-refractivity contribution in [3.63, 3.8) is 0 Å². The lowest BCUT2D eigenvalue weighted by molar-refractivity contribution is -0.128. The number of hydrogen-bond acceptors (Lipinski definition) is 4. The number of halogens is 1. The van der Waals surface area contributed by atoms with Gasteiger partial charge in [-0.05, 0) is 30.7 Å². The molecule has 1 aromatic rings. The molecular weight excluding hydrogens is 292 g/mol. The molecule has 0 aliphatic rings. The van der Waals surface area contributed by atoms with Crippen molar-refractivity contribution >= 4 is 17.5 Å². The van der Waals surface area contributed by atoms with E-state index in [4.69, 9.17) is 16.3 Å². The van der Waals surface area contributed by atoms with E-state index in [1.54, 1.807) is 31.1 Å². The smallest absolute Gasteiger partial charge is 0.223 e. The van der Waals surface area contributed by atoms with Crippen LogP contribution in [0.4, 0.5) is 0 Å². The van der Waals surface area contributed by atoms with E-state index in [0.29, 0.717) is 30.3 Å². The van der Waals surface area contributed by atoms with Crippen molar-refractivity contribution < 1.29 is 14.6 Å². The third kappa shape index (κ3) is 6.80. The third-order valence-electron chi connectivity index (χ3n) is 2.97. The Kier molecular flexibility index (Phi) is 7.50. The number of ether oxygens (including phenoxy) is 1. The average molecular weight is 315 g/mol. The van der Waals surface area contributed by atoms with Gasteiger partial charge in [0.25, 0.3) is 0 Å². The largest absolute Gasteiger partial charge is 0.491 e. The molecule has 0 heterocycles. The average Bonchev–Trinajstić information content (AvgIpc) is 2.44. The molecule has 0 radical (unpaired) electrons. The summed E-state index contributed by atoms with van der Waals surface area (Å²) < 4.78 is 5.50. The van der Waals surface area contributed by atoms with E-state index in [1.807, 2.05) is 13.0 Å². The lowest BCUT2D eigenvalue weighted by Crippen LogP contribution is -2.34. The second kappa shape index (κ2) is 8.87. The number of aliphatic hydroxyl groups excluding tert-OH is 1. The molecule has 0 spiro atoms. The van der Waals surface area contributed by atoms with Crippen LogP contribution in [-0.4, -0.2) is 55.8 Å². The predicted molar refractivity (Wildman–Crippen MR) is 83.9 cm³/mol. The molecule has 118 valence electrons. The number of aliphatic hydroxyl groups is 1. The first-order valence-electron chi connectivity index (χ1n) is 6.88. The maximum atomic E-state index is 11.3. The minimum atomic E-state index is -0.629. The Morgan fingerprint density at radius 3 is 2.81 bits per heavy atom. The van der Waals surface area contributed by atoms with E-state index in [-0.39, 0.29) is 12.5 Å². The Labute approximate surface area is 130 Å². The first-order chi connectivity index (χ1) is 9.90. The maximum Gasteiger partial charge on any atom is 0.223 e. The van der Waals surface area contributed by atoms with Crippen LogP contribution in [0.25, 0.3) is 0 Å². The highest BCUT2D eigenvalue weighted by Crippen LogP contribution is 2.20. The molecule has 0 aliphatic carbocycles. The van der Waals surface area contributed by atoms with Gasteiger partial charge in [-0.2, -0.15) is 0 Å². The minimum absolute atomic E-state index is 0.0601. The maximum absolute atomic E-state index is 11.3. The zero-order valence-electron chi connectivity index (χ0n) is 12.7. The molecule has 0 fully saturated rings. The topological polar surface area (TPSA) is 61.8 Å². The van der Waals surface area contributed by atoms with Crippen LogP contribution in [0.3, 0.4) is 0 Å². The van der Waals surface area contributed by atoms with Crippen molar-refractivity contribution in [3.05, 3.63) is 28.8 Å². The van der Waals surface area contributed by atoms with Crippen molar-refractivity contribution in [3.8, 4) is 5.75 Å². The van der Waals surface area contributed by atoms with Crippen LogP contribution in [0.2, 0.25) is 5.02 Å². The molecular formula is C15H23ClN2O3. The number of nitrogens with zero attached hydrogens (tertiary/aromatic N) is 1. The SMILES string of the molecule is Cc1cc(OCC(O)CNCCC(=O)N(C)C)ccc1Cl. The summed E-state index contributed by atoms with van der Waals surface area (Å²) >= 11 is 5.93. The van der Waals surface area contributed by atoms with Gasteiger partial charge in [-0.3, -0.25) is 4.79 Å². The zero-order valence-corrected chi connectivity index (χ0v) is 13.5. The number of amides is 1. The van der Waals surface area contributed by atoms with E-state index in [9.17, 15) is 9.90 Å². The van der Waals surface area contributed by atoms with Crippen molar-refractivity contribution in [2.75, 3.05) is 33.8 Å². The molecule has 21 heavy (non-hydrogen) atoms. The second-order valence-corrected chi connectivity index (χ2v) is 5.53. The summed E-state index contributed by atoms with van der Waals surface area (Å²) in [5.41, 5.74) is 0.934. The minimum Gasteiger partial charge on any atom is -0.491 e. The van der Waals surface area contributed by atoms with E-state index >= 15 is 0 Å². The molecule has 1 rings (SSSR count). The fourth-order valence-electron chi connectivity index (χ4n) is 1.65. The number of hydrogen-bond donors (Lipinski definition) is 2. The molecule has 0 bridgehead atoms. The molecule has 1 aromatic carbocycles. The standard InChI is InChI=1S/C15H23ClN2O3/c1-11-8-13(4-5-14(11)16)21-10-12(19)9-17-7-6-15(20)18(2)3/h4-5,8,12,17,19H,6-7,9-10H2,1-3H3. The number of carbonyl (C=O) groups is 1. The van der Waals surface area contributed by atoms with Gasteiger partial charge in [-0.25, -0.2) is 0 Å². The van der Waals surface area contributed by atoms with Crippen molar-refractivity contribution in [1.29, 1.82) is 0 Å². The zero-order chi connectivity index (χ0) is 15.8. The third-order valence-corrected chi connectivity index (χ3v) is 3.39. The molecule has 0 aromatic heterocycles. The van der Waals surface area contributed by atoms with Crippen LogP contribution < -0.4 is 10.1 Å². The molecule has 0 saturated heterocycles. The van der Waals surface area contributed by atoms with Crippen LogP contribution in [0.1, 0.15) is 12.0 Å². The second-order valence-electron chi connectivity index (χ2n) is 5.12.